The predicted octanol–water partition coefficient (Wildman–Crippen LogP) is 5.95. The molecule has 3 nitrogen and oxygen atoms in total. The number of carbonyl (C=O) groups excluding carboxylic acids is 1. The number of carboxylic acid groups (broad SMARTS) is 1. The van der Waals surface area contributed by atoms with Gasteiger partial charge in [0.1, 0.15) is 5.78 Å². The first-order chi connectivity index (χ1) is 11.9. The number of hydrogen-bond donors (Lipinski definition) is 1. The molecule has 0 radical (unpaired) electrons. The molecule has 1 aliphatic carbocycles. The van der Waals surface area contributed by atoms with Crippen LogP contribution in [-0.2, 0) is 9.59 Å². The molecular weight excluding hydrogens is 312 g/mol. The minimum Gasteiger partial charge on any atom is -0.481 e. The van der Waals surface area contributed by atoms with E-state index in [1.807, 2.05) is 6.92 Å². The second-order valence-electron chi connectivity index (χ2n) is 7.99. The summed E-state index contributed by atoms with van der Waals surface area (Å²) in [5, 5.41) is 9.13. The molecule has 0 aliphatic heterocycles. The molecule has 0 heterocycles. The van der Waals surface area contributed by atoms with Gasteiger partial charge in [0.25, 0.3) is 0 Å². The summed E-state index contributed by atoms with van der Waals surface area (Å²) in [4.78, 5) is 23.3. The van der Waals surface area contributed by atoms with Gasteiger partial charge in [-0.25, -0.2) is 0 Å². The lowest BCUT2D eigenvalue weighted by atomic mass is 9.85. The summed E-state index contributed by atoms with van der Waals surface area (Å²) in [5.74, 6) is 0.316. The second kappa shape index (κ2) is 11.3. The molecule has 1 rings (SSSR count). The van der Waals surface area contributed by atoms with Crippen molar-refractivity contribution in [3.63, 3.8) is 0 Å². The SMILES string of the molecule is CC=CCCCC=C[C@H]1CCC(=O)[C@@H]1CCCCCC(C)(C)C(=O)O. The lowest BCUT2D eigenvalue weighted by molar-refractivity contribution is -0.147. The van der Waals surface area contributed by atoms with E-state index < -0.39 is 11.4 Å². The fraction of sp³-hybridized carbons (Fsp3) is 0.727. The lowest BCUT2D eigenvalue weighted by Crippen LogP contribution is -2.23. The van der Waals surface area contributed by atoms with Gasteiger partial charge in [0.2, 0.25) is 0 Å². The Balaban J connectivity index is 2.29. The van der Waals surface area contributed by atoms with Crippen LogP contribution in [0.25, 0.3) is 0 Å². The normalized spacial score (nSPS) is 21.6. The van der Waals surface area contributed by atoms with E-state index >= 15 is 0 Å². The van der Waals surface area contributed by atoms with Crippen molar-refractivity contribution in [2.24, 2.45) is 17.3 Å². The molecule has 0 saturated heterocycles. The zero-order valence-electron chi connectivity index (χ0n) is 16.3. The number of allylic oxidation sites excluding steroid dienone is 4. The van der Waals surface area contributed by atoms with Gasteiger partial charge >= 0.3 is 5.97 Å². The molecule has 3 heteroatoms. The van der Waals surface area contributed by atoms with Crippen LogP contribution >= 0.6 is 0 Å². The van der Waals surface area contributed by atoms with Crippen molar-refractivity contribution in [1.29, 1.82) is 0 Å². The Kier molecular flexibility index (Phi) is 9.77. The van der Waals surface area contributed by atoms with Gasteiger partial charge in [-0.1, -0.05) is 43.6 Å². The summed E-state index contributed by atoms with van der Waals surface area (Å²) in [5.41, 5.74) is -0.637. The molecule has 0 bridgehead atoms. The van der Waals surface area contributed by atoms with Gasteiger partial charge in [0.15, 0.2) is 0 Å². The zero-order valence-corrected chi connectivity index (χ0v) is 16.3. The maximum Gasteiger partial charge on any atom is 0.309 e. The van der Waals surface area contributed by atoms with E-state index in [4.69, 9.17) is 5.11 Å². The molecule has 1 N–H and O–H groups in total. The number of Topliss-reactive ketones (excluding diaryl/α,β-unsaturated/α-hetero) is 1. The second-order valence-corrected chi connectivity index (χ2v) is 7.99. The van der Waals surface area contributed by atoms with Crippen molar-refractivity contribution < 1.29 is 14.7 Å². The van der Waals surface area contributed by atoms with Gasteiger partial charge in [-0.3, -0.25) is 9.59 Å². The highest BCUT2D eigenvalue weighted by Gasteiger charge is 2.32. The summed E-state index contributed by atoms with van der Waals surface area (Å²) in [6.07, 6.45) is 18.6. The van der Waals surface area contributed by atoms with Crippen molar-refractivity contribution in [2.75, 3.05) is 0 Å². The summed E-state index contributed by atoms with van der Waals surface area (Å²) in [7, 11) is 0. The third-order valence-corrected chi connectivity index (χ3v) is 5.41. The zero-order chi connectivity index (χ0) is 18.7. The van der Waals surface area contributed by atoms with Gasteiger partial charge < -0.3 is 5.11 Å². The highest BCUT2D eigenvalue weighted by molar-refractivity contribution is 5.83. The van der Waals surface area contributed by atoms with E-state index in [0.29, 0.717) is 18.1 Å². The van der Waals surface area contributed by atoms with Crippen LogP contribution in [0.5, 0.6) is 0 Å². The van der Waals surface area contributed by atoms with Gasteiger partial charge in [-0.05, 0) is 65.2 Å². The van der Waals surface area contributed by atoms with Crippen molar-refractivity contribution >= 4 is 11.8 Å². The van der Waals surface area contributed by atoms with Crippen molar-refractivity contribution in [2.45, 2.75) is 85.0 Å². The van der Waals surface area contributed by atoms with Crippen LogP contribution in [-0.4, -0.2) is 16.9 Å². The van der Waals surface area contributed by atoms with Gasteiger partial charge in [-0.2, -0.15) is 0 Å². The third-order valence-electron chi connectivity index (χ3n) is 5.41. The van der Waals surface area contributed by atoms with Crippen LogP contribution < -0.4 is 0 Å². The monoisotopic (exact) mass is 348 g/mol. The summed E-state index contributed by atoms with van der Waals surface area (Å²) in [6, 6.07) is 0. The largest absolute Gasteiger partial charge is 0.481 e. The molecule has 1 saturated carbocycles. The molecule has 1 fully saturated rings. The van der Waals surface area contributed by atoms with E-state index in [0.717, 1.165) is 51.4 Å². The molecule has 0 aromatic rings. The first-order valence-electron chi connectivity index (χ1n) is 9.92. The van der Waals surface area contributed by atoms with Crippen LogP contribution in [0.15, 0.2) is 24.3 Å². The highest BCUT2D eigenvalue weighted by atomic mass is 16.4. The smallest absolute Gasteiger partial charge is 0.309 e. The molecular formula is C22H36O3. The average Bonchev–Trinajstić information content (AvgIpc) is 2.90. The number of carbonyl (C=O) groups is 2. The third kappa shape index (κ3) is 8.02. The Morgan fingerprint density at radius 2 is 1.88 bits per heavy atom. The first-order valence-corrected chi connectivity index (χ1v) is 9.92. The molecule has 0 aromatic heterocycles. The fourth-order valence-electron chi connectivity index (χ4n) is 3.55. The first kappa shape index (κ1) is 21.7. The lowest BCUT2D eigenvalue weighted by Gasteiger charge is -2.19. The van der Waals surface area contributed by atoms with Crippen molar-refractivity contribution in [1.82, 2.24) is 0 Å². The van der Waals surface area contributed by atoms with Crippen LogP contribution in [0.2, 0.25) is 0 Å². The molecule has 0 aromatic carbocycles. The molecule has 0 unspecified atom stereocenters. The topological polar surface area (TPSA) is 54.4 Å². The molecule has 25 heavy (non-hydrogen) atoms. The van der Waals surface area contributed by atoms with E-state index in [2.05, 4.69) is 24.3 Å². The number of unbranched alkanes of at least 4 members (excludes halogenated alkanes) is 4. The average molecular weight is 349 g/mol. The number of aliphatic carboxylic acids is 1. The van der Waals surface area contributed by atoms with E-state index in [1.165, 1.54) is 6.42 Å². The highest BCUT2D eigenvalue weighted by Crippen LogP contribution is 2.34. The predicted molar refractivity (Wildman–Crippen MR) is 104 cm³/mol. The molecule has 142 valence electrons. The van der Waals surface area contributed by atoms with E-state index in [1.54, 1.807) is 13.8 Å². The summed E-state index contributed by atoms with van der Waals surface area (Å²) >= 11 is 0. The number of ketones is 1. The van der Waals surface area contributed by atoms with E-state index in [9.17, 15) is 9.59 Å². The Morgan fingerprint density at radius 1 is 1.16 bits per heavy atom. The quantitative estimate of drug-likeness (QED) is 0.350. The van der Waals surface area contributed by atoms with Gasteiger partial charge in [0.05, 0.1) is 5.41 Å². The Bertz CT molecular complexity index is 474. The summed E-state index contributed by atoms with van der Waals surface area (Å²) in [6.45, 7) is 5.62. The molecule has 0 spiro atoms. The maximum absolute atomic E-state index is 12.2. The standard InChI is InChI=1S/C22H36O3/c1-4-5-6-7-8-10-13-18-15-16-20(23)19(18)14-11-9-12-17-22(2,3)21(24)25/h4-5,10,13,18-19H,6-9,11-12,14-17H2,1-3H3,(H,24,25)/t18-,19+/m0/s1. The van der Waals surface area contributed by atoms with Crippen LogP contribution in [0.3, 0.4) is 0 Å². The van der Waals surface area contributed by atoms with E-state index in [-0.39, 0.29) is 5.92 Å². The Hall–Kier alpha value is -1.38. The molecule has 1 aliphatic rings. The fourth-order valence-corrected chi connectivity index (χ4v) is 3.55. The van der Waals surface area contributed by atoms with Crippen LogP contribution in [0.4, 0.5) is 0 Å². The van der Waals surface area contributed by atoms with Crippen LogP contribution in [0, 0.1) is 17.3 Å². The maximum atomic E-state index is 12.2. The number of rotatable bonds is 12. The van der Waals surface area contributed by atoms with Crippen molar-refractivity contribution in [3.8, 4) is 0 Å². The number of carboxylic acids is 1. The minimum atomic E-state index is -0.724. The molecule has 2 atom stereocenters. The summed E-state index contributed by atoms with van der Waals surface area (Å²) < 4.78 is 0. The molecule has 0 amide bonds. The Morgan fingerprint density at radius 3 is 2.56 bits per heavy atom. The van der Waals surface area contributed by atoms with Crippen molar-refractivity contribution in [3.05, 3.63) is 24.3 Å². The number of hydrogen-bond acceptors (Lipinski definition) is 2. The Labute approximate surface area is 153 Å². The van der Waals surface area contributed by atoms with Crippen LogP contribution in [0.1, 0.15) is 85.0 Å². The minimum absolute atomic E-state index is 0.194. The van der Waals surface area contributed by atoms with Gasteiger partial charge in [-0.15, -0.1) is 0 Å². The van der Waals surface area contributed by atoms with Gasteiger partial charge in [0, 0.05) is 12.3 Å².